The minimum absolute atomic E-state index is 0.665. The smallest absolute Gasteiger partial charge is 0.121 e. The average molecular weight is 250 g/mol. The van der Waals surface area contributed by atoms with E-state index in [0.717, 1.165) is 30.1 Å². The third kappa shape index (κ3) is 2.41. The summed E-state index contributed by atoms with van der Waals surface area (Å²) in [4.78, 5) is 4.60. The van der Waals surface area contributed by atoms with Crippen LogP contribution in [0, 0.1) is 0 Å². The summed E-state index contributed by atoms with van der Waals surface area (Å²) in [5.41, 5.74) is 2.16. The second-order valence-electron chi connectivity index (χ2n) is 3.92. The van der Waals surface area contributed by atoms with Crippen molar-refractivity contribution in [1.82, 2.24) is 9.55 Å². The molecule has 1 heterocycles. The zero-order chi connectivity index (χ0) is 12.3. The zero-order valence-corrected chi connectivity index (χ0v) is 11.2. The lowest BCUT2D eigenvalue weighted by Crippen LogP contribution is -2.01. The van der Waals surface area contributed by atoms with Gasteiger partial charge in [0.2, 0.25) is 0 Å². The van der Waals surface area contributed by atoms with Crippen molar-refractivity contribution in [2.45, 2.75) is 32.6 Å². The lowest BCUT2D eigenvalue weighted by atomic mass is 10.3. The fraction of sp³-hybridized carbons (Fsp3) is 0.462. The molecule has 1 aromatic heterocycles. The van der Waals surface area contributed by atoms with Gasteiger partial charge in [-0.1, -0.05) is 6.92 Å². The summed E-state index contributed by atoms with van der Waals surface area (Å²) >= 11 is 4.34. The van der Waals surface area contributed by atoms with Gasteiger partial charge in [0.15, 0.2) is 0 Å². The predicted molar refractivity (Wildman–Crippen MR) is 73.9 cm³/mol. The fourth-order valence-electron chi connectivity index (χ4n) is 2.01. The highest BCUT2D eigenvalue weighted by Crippen LogP contribution is 2.23. The summed E-state index contributed by atoms with van der Waals surface area (Å²) in [5.74, 6) is 2.57. The largest absolute Gasteiger partial charge is 0.494 e. The molecule has 0 aliphatic rings. The molecule has 0 saturated carbocycles. The standard InChI is InChI=1S/C13H18N2OS/c1-3-7-15-12-6-5-10(16-4-2)8-11(12)14-13(15)9-17/h5-6,8,17H,3-4,7,9H2,1-2H3. The van der Waals surface area contributed by atoms with Crippen LogP contribution in [0.3, 0.4) is 0 Å². The van der Waals surface area contributed by atoms with Gasteiger partial charge in [-0.05, 0) is 25.5 Å². The summed E-state index contributed by atoms with van der Waals surface area (Å²) in [5, 5.41) is 0. The van der Waals surface area contributed by atoms with Crippen molar-refractivity contribution < 1.29 is 4.74 Å². The summed E-state index contributed by atoms with van der Waals surface area (Å²) in [6.07, 6.45) is 1.10. The summed E-state index contributed by atoms with van der Waals surface area (Å²) in [6.45, 7) is 5.82. The first-order valence-electron chi connectivity index (χ1n) is 6.03. The maximum atomic E-state index is 5.49. The number of nitrogens with zero attached hydrogens (tertiary/aromatic N) is 2. The lowest BCUT2D eigenvalue weighted by molar-refractivity contribution is 0.340. The molecule has 0 atom stereocenters. The van der Waals surface area contributed by atoms with Crippen LogP contribution in [0.2, 0.25) is 0 Å². The summed E-state index contributed by atoms with van der Waals surface area (Å²) < 4.78 is 7.72. The zero-order valence-electron chi connectivity index (χ0n) is 10.3. The van der Waals surface area contributed by atoms with Crippen LogP contribution in [0.1, 0.15) is 26.1 Å². The molecule has 0 saturated heterocycles. The van der Waals surface area contributed by atoms with Crippen LogP contribution < -0.4 is 4.74 Å². The van der Waals surface area contributed by atoms with Crippen molar-refractivity contribution in [1.29, 1.82) is 0 Å². The number of imidazole rings is 1. The summed E-state index contributed by atoms with van der Waals surface area (Å²) in [7, 11) is 0. The number of aromatic nitrogens is 2. The molecule has 3 nitrogen and oxygen atoms in total. The van der Waals surface area contributed by atoms with Gasteiger partial charge in [-0.25, -0.2) is 4.98 Å². The molecule has 0 bridgehead atoms. The molecule has 0 unspecified atom stereocenters. The van der Waals surface area contributed by atoms with Crippen molar-refractivity contribution in [2.75, 3.05) is 6.61 Å². The van der Waals surface area contributed by atoms with E-state index >= 15 is 0 Å². The summed E-state index contributed by atoms with van der Waals surface area (Å²) in [6, 6.07) is 6.08. The van der Waals surface area contributed by atoms with E-state index in [1.54, 1.807) is 0 Å². The fourth-order valence-corrected chi connectivity index (χ4v) is 2.25. The van der Waals surface area contributed by atoms with Gasteiger partial charge in [0.1, 0.15) is 11.6 Å². The minimum atomic E-state index is 0.665. The number of rotatable bonds is 5. The van der Waals surface area contributed by atoms with Crippen molar-refractivity contribution in [3.05, 3.63) is 24.0 Å². The Balaban J connectivity index is 2.49. The Morgan fingerprint density at radius 2 is 2.18 bits per heavy atom. The first kappa shape index (κ1) is 12.3. The number of hydrogen-bond acceptors (Lipinski definition) is 3. The molecule has 0 aliphatic carbocycles. The second kappa shape index (κ2) is 5.45. The Bertz CT molecular complexity index is 507. The van der Waals surface area contributed by atoms with E-state index in [0.29, 0.717) is 12.4 Å². The van der Waals surface area contributed by atoms with E-state index in [4.69, 9.17) is 4.74 Å². The Labute approximate surface area is 107 Å². The van der Waals surface area contributed by atoms with Crippen LogP contribution in [0.15, 0.2) is 18.2 Å². The molecule has 0 aliphatic heterocycles. The maximum Gasteiger partial charge on any atom is 0.121 e. The van der Waals surface area contributed by atoms with Gasteiger partial charge in [0, 0.05) is 18.4 Å². The first-order valence-corrected chi connectivity index (χ1v) is 6.66. The van der Waals surface area contributed by atoms with Gasteiger partial charge < -0.3 is 9.30 Å². The normalized spacial score (nSPS) is 11.0. The first-order chi connectivity index (χ1) is 8.30. The highest BCUT2D eigenvalue weighted by molar-refractivity contribution is 7.79. The van der Waals surface area contributed by atoms with Crippen molar-refractivity contribution in [3.63, 3.8) is 0 Å². The van der Waals surface area contributed by atoms with Gasteiger partial charge in [0.05, 0.1) is 17.6 Å². The minimum Gasteiger partial charge on any atom is -0.494 e. The number of aryl methyl sites for hydroxylation is 1. The van der Waals surface area contributed by atoms with Crippen LogP contribution in [0.5, 0.6) is 5.75 Å². The molecule has 0 fully saturated rings. The van der Waals surface area contributed by atoms with Gasteiger partial charge >= 0.3 is 0 Å². The highest BCUT2D eigenvalue weighted by atomic mass is 32.1. The Morgan fingerprint density at radius 1 is 1.35 bits per heavy atom. The van der Waals surface area contributed by atoms with E-state index in [-0.39, 0.29) is 0 Å². The quantitative estimate of drug-likeness (QED) is 0.825. The molecular formula is C13H18N2OS. The topological polar surface area (TPSA) is 27.1 Å². The van der Waals surface area contributed by atoms with E-state index < -0.39 is 0 Å². The van der Waals surface area contributed by atoms with Crippen LogP contribution in [0.25, 0.3) is 11.0 Å². The Morgan fingerprint density at radius 3 is 2.82 bits per heavy atom. The number of hydrogen-bond donors (Lipinski definition) is 1. The Kier molecular flexibility index (Phi) is 3.94. The maximum absolute atomic E-state index is 5.49. The molecule has 0 spiro atoms. The third-order valence-electron chi connectivity index (χ3n) is 2.70. The van der Waals surface area contributed by atoms with Crippen LogP contribution >= 0.6 is 12.6 Å². The van der Waals surface area contributed by atoms with Gasteiger partial charge in [-0.3, -0.25) is 0 Å². The van der Waals surface area contributed by atoms with Gasteiger partial charge in [-0.2, -0.15) is 12.6 Å². The van der Waals surface area contributed by atoms with Gasteiger partial charge in [0.25, 0.3) is 0 Å². The molecule has 2 aromatic rings. The molecule has 92 valence electrons. The van der Waals surface area contributed by atoms with E-state index in [9.17, 15) is 0 Å². The van der Waals surface area contributed by atoms with Crippen molar-refractivity contribution in [3.8, 4) is 5.75 Å². The molecule has 0 radical (unpaired) electrons. The Hall–Kier alpha value is -1.16. The SMILES string of the molecule is CCCn1c(CS)nc2cc(OCC)ccc21. The molecule has 4 heteroatoms. The number of benzene rings is 1. The monoisotopic (exact) mass is 250 g/mol. The lowest BCUT2D eigenvalue weighted by Gasteiger charge is -2.06. The molecular weight excluding hydrogens is 232 g/mol. The van der Waals surface area contributed by atoms with Crippen molar-refractivity contribution >= 4 is 23.7 Å². The predicted octanol–water partition coefficient (Wildman–Crippen LogP) is 3.27. The van der Waals surface area contributed by atoms with Crippen LogP contribution in [-0.4, -0.2) is 16.2 Å². The van der Waals surface area contributed by atoms with Crippen molar-refractivity contribution in [2.24, 2.45) is 0 Å². The molecule has 0 amide bonds. The molecule has 2 rings (SSSR count). The van der Waals surface area contributed by atoms with E-state index in [1.165, 1.54) is 5.52 Å². The molecule has 17 heavy (non-hydrogen) atoms. The molecule has 0 N–H and O–H groups in total. The van der Waals surface area contributed by atoms with Gasteiger partial charge in [-0.15, -0.1) is 0 Å². The number of ether oxygens (including phenoxy) is 1. The second-order valence-corrected chi connectivity index (χ2v) is 4.24. The van der Waals surface area contributed by atoms with Crippen LogP contribution in [-0.2, 0) is 12.3 Å². The number of thiol groups is 1. The molecule has 1 aromatic carbocycles. The van der Waals surface area contributed by atoms with Crippen LogP contribution in [0.4, 0.5) is 0 Å². The highest BCUT2D eigenvalue weighted by Gasteiger charge is 2.09. The third-order valence-corrected chi connectivity index (χ3v) is 2.98. The average Bonchev–Trinajstić information content (AvgIpc) is 2.68. The van der Waals surface area contributed by atoms with E-state index in [1.807, 2.05) is 19.1 Å². The van der Waals surface area contributed by atoms with E-state index in [2.05, 4.69) is 35.2 Å². The number of fused-ring (bicyclic) bond motifs is 1.